The molecule has 0 fully saturated rings. The summed E-state index contributed by atoms with van der Waals surface area (Å²) < 4.78 is 18.0. The van der Waals surface area contributed by atoms with Crippen molar-refractivity contribution >= 4 is 17.3 Å². The zero-order valence-electron chi connectivity index (χ0n) is 10.9. The molecular formula is C12H15FN2O4. The summed E-state index contributed by atoms with van der Waals surface area (Å²) in [5.41, 5.74) is -0.470. The number of benzene rings is 1. The van der Waals surface area contributed by atoms with Crippen LogP contribution in [0.1, 0.15) is 6.92 Å². The fraction of sp³-hybridized carbons (Fsp3) is 0.417. The highest BCUT2D eigenvalue weighted by molar-refractivity contribution is 5.73. The minimum absolute atomic E-state index is 0.126. The lowest BCUT2D eigenvalue weighted by molar-refractivity contribution is -0.386. The number of nitrogens with zero attached hydrogens (tertiary/aromatic N) is 2. The van der Waals surface area contributed by atoms with E-state index < -0.39 is 28.3 Å². The van der Waals surface area contributed by atoms with E-state index in [-0.39, 0.29) is 12.2 Å². The van der Waals surface area contributed by atoms with E-state index in [1.807, 2.05) is 0 Å². The Morgan fingerprint density at radius 3 is 2.74 bits per heavy atom. The SMILES string of the molecule is COC(=O)C(C)CN(C)c1cccc(F)c1[N+](=O)[O-]. The standard InChI is InChI=1S/C12H15FN2O4/c1-8(12(16)19-3)7-14(2)10-6-4-5-9(13)11(10)15(17)18/h4-6,8H,7H2,1-3H3. The number of hydrogen-bond donors (Lipinski definition) is 0. The van der Waals surface area contributed by atoms with Crippen molar-refractivity contribution in [3.8, 4) is 0 Å². The zero-order chi connectivity index (χ0) is 14.6. The number of ether oxygens (including phenoxy) is 1. The van der Waals surface area contributed by atoms with Crippen molar-refractivity contribution in [2.45, 2.75) is 6.92 Å². The zero-order valence-corrected chi connectivity index (χ0v) is 10.9. The predicted octanol–water partition coefficient (Wildman–Crippen LogP) is 1.98. The Kier molecular flexibility index (Phi) is 4.80. The number of carbonyl (C=O) groups excluding carboxylic acids is 1. The van der Waals surface area contributed by atoms with Crippen LogP contribution < -0.4 is 4.90 Å². The number of hydrogen-bond acceptors (Lipinski definition) is 5. The van der Waals surface area contributed by atoms with Gasteiger partial charge in [0.05, 0.1) is 18.0 Å². The van der Waals surface area contributed by atoms with Gasteiger partial charge in [0, 0.05) is 13.6 Å². The first kappa shape index (κ1) is 14.9. The molecule has 0 aliphatic rings. The van der Waals surface area contributed by atoms with Crippen molar-refractivity contribution in [1.82, 2.24) is 0 Å². The number of nitro benzene ring substituents is 1. The summed E-state index contributed by atoms with van der Waals surface area (Å²) in [4.78, 5) is 22.9. The largest absolute Gasteiger partial charge is 0.469 e. The number of rotatable bonds is 5. The molecule has 0 amide bonds. The van der Waals surface area contributed by atoms with Gasteiger partial charge in [-0.1, -0.05) is 13.0 Å². The molecule has 0 N–H and O–H groups in total. The lowest BCUT2D eigenvalue weighted by Crippen LogP contribution is -2.29. The number of esters is 1. The van der Waals surface area contributed by atoms with Gasteiger partial charge < -0.3 is 9.64 Å². The third-order valence-corrected chi connectivity index (χ3v) is 2.71. The van der Waals surface area contributed by atoms with E-state index >= 15 is 0 Å². The van der Waals surface area contributed by atoms with E-state index in [2.05, 4.69) is 4.74 Å². The van der Waals surface area contributed by atoms with Gasteiger partial charge in [0.15, 0.2) is 0 Å². The maximum atomic E-state index is 13.5. The molecule has 1 atom stereocenters. The van der Waals surface area contributed by atoms with Gasteiger partial charge in [-0.25, -0.2) is 0 Å². The molecule has 0 aliphatic carbocycles. The topological polar surface area (TPSA) is 72.7 Å². The summed E-state index contributed by atoms with van der Waals surface area (Å²) in [6, 6.07) is 3.85. The average molecular weight is 270 g/mol. The molecule has 7 heteroatoms. The molecule has 0 spiro atoms. The first-order chi connectivity index (χ1) is 8.88. The summed E-state index contributed by atoms with van der Waals surface area (Å²) in [7, 11) is 2.82. The summed E-state index contributed by atoms with van der Waals surface area (Å²) in [6.07, 6.45) is 0. The molecule has 1 unspecified atom stereocenters. The number of anilines is 1. The van der Waals surface area contributed by atoms with Crippen LogP contribution in [-0.2, 0) is 9.53 Å². The van der Waals surface area contributed by atoms with Crippen molar-refractivity contribution in [1.29, 1.82) is 0 Å². The van der Waals surface area contributed by atoms with Gasteiger partial charge in [-0.2, -0.15) is 4.39 Å². The van der Waals surface area contributed by atoms with Crippen molar-refractivity contribution in [3.05, 3.63) is 34.1 Å². The summed E-state index contributed by atoms with van der Waals surface area (Å²) in [6.45, 7) is 1.82. The lowest BCUT2D eigenvalue weighted by Gasteiger charge is -2.22. The molecule has 19 heavy (non-hydrogen) atoms. The third kappa shape index (κ3) is 3.40. The Balaban J connectivity index is 3.00. The van der Waals surface area contributed by atoms with Crippen molar-refractivity contribution in [2.75, 3.05) is 25.6 Å². The van der Waals surface area contributed by atoms with Gasteiger partial charge in [-0.15, -0.1) is 0 Å². The second-order valence-electron chi connectivity index (χ2n) is 4.17. The molecule has 0 heterocycles. The number of nitro groups is 1. The second-order valence-corrected chi connectivity index (χ2v) is 4.17. The van der Waals surface area contributed by atoms with Gasteiger partial charge >= 0.3 is 11.7 Å². The molecule has 0 aromatic heterocycles. The molecule has 1 aromatic carbocycles. The number of para-hydroxylation sites is 1. The molecule has 0 aliphatic heterocycles. The van der Waals surface area contributed by atoms with Crippen molar-refractivity contribution in [3.63, 3.8) is 0 Å². The Labute approximate surface area is 109 Å². The highest BCUT2D eigenvalue weighted by atomic mass is 19.1. The summed E-state index contributed by atoms with van der Waals surface area (Å²) in [5, 5.41) is 10.9. The van der Waals surface area contributed by atoms with Crippen molar-refractivity contribution < 1.29 is 18.8 Å². The number of halogens is 1. The van der Waals surface area contributed by atoms with Gasteiger partial charge in [0.25, 0.3) is 0 Å². The quantitative estimate of drug-likeness (QED) is 0.464. The summed E-state index contributed by atoms with van der Waals surface area (Å²) >= 11 is 0. The molecule has 104 valence electrons. The Morgan fingerprint density at radius 2 is 2.21 bits per heavy atom. The van der Waals surface area contributed by atoms with Gasteiger partial charge in [0.1, 0.15) is 5.69 Å². The van der Waals surface area contributed by atoms with Crippen LogP contribution in [0, 0.1) is 21.8 Å². The van der Waals surface area contributed by atoms with E-state index in [1.165, 1.54) is 24.1 Å². The third-order valence-electron chi connectivity index (χ3n) is 2.71. The molecule has 0 saturated heterocycles. The van der Waals surface area contributed by atoms with E-state index in [0.29, 0.717) is 0 Å². The maximum Gasteiger partial charge on any atom is 0.327 e. The average Bonchev–Trinajstić information content (AvgIpc) is 2.36. The Morgan fingerprint density at radius 1 is 1.58 bits per heavy atom. The minimum Gasteiger partial charge on any atom is -0.469 e. The minimum atomic E-state index is -0.903. The first-order valence-corrected chi connectivity index (χ1v) is 5.60. The fourth-order valence-electron chi connectivity index (χ4n) is 1.78. The second kappa shape index (κ2) is 6.12. The van der Waals surface area contributed by atoms with Gasteiger partial charge in [-0.05, 0) is 12.1 Å². The molecule has 1 rings (SSSR count). The molecular weight excluding hydrogens is 255 g/mol. The van der Waals surface area contributed by atoms with Crippen LogP contribution in [0.3, 0.4) is 0 Å². The van der Waals surface area contributed by atoms with Crippen LogP contribution in [0.25, 0.3) is 0 Å². The smallest absolute Gasteiger partial charge is 0.327 e. The summed E-state index contributed by atoms with van der Waals surface area (Å²) in [5.74, 6) is -1.80. The maximum absolute atomic E-state index is 13.5. The molecule has 0 radical (unpaired) electrons. The lowest BCUT2D eigenvalue weighted by atomic mass is 10.1. The number of methoxy groups -OCH3 is 1. The first-order valence-electron chi connectivity index (χ1n) is 5.60. The van der Waals surface area contributed by atoms with E-state index in [0.717, 1.165) is 6.07 Å². The molecule has 6 nitrogen and oxygen atoms in total. The molecule has 0 bridgehead atoms. The van der Waals surface area contributed by atoms with Crippen LogP contribution in [0.2, 0.25) is 0 Å². The van der Waals surface area contributed by atoms with E-state index in [9.17, 15) is 19.3 Å². The van der Waals surface area contributed by atoms with E-state index in [4.69, 9.17) is 0 Å². The Hall–Kier alpha value is -2.18. The van der Waals surface area contributed by atoms with Crippen LogP contribution in [-0.4, -0.2) is 31.6 Å². The normalized spacial score (nSPS) is 11.8. The van der Waals surface area contributed by atoms with Crippen LogP contribution in [0.5, 0.6) is 0 Å². The highest BCUT2D eigenvalue weighted by Crippen LogP contribution is 2.30. The highest BCUT2D eigenvalue weighted by Gasteiger charge is 2.24. The van der Waals surface area contributed by atoms with Crippen LogP contribution in [0.15, 0.2) is 18.2 Å². The predicted molar refractivity (Wildman–Crippen MR) is 67.5 cm³/mol. The van der Waals surface area contributed by atoms with Crippen LogP contribution >= 0.6 is 0 Å². The van der Waals surface area contributed by atoms with Crippen molar-refractivity contribution in [2.24, 2.45) is 5.92 Å². The molecule has 0 saturated carbocycles. The Bertz CT molecular complexity index is 493. The number of carbonyl (C=O) groups is 1. The van der Waals surface area contributed by atoms with Gasteiger partial charge in [-0.3, -0.25) is 14.9 Å². The van der Waals surface area contributed by atoms with E-state index in [1.54, 1.807) is 14.0 Å². The fourth-order valence-corrected chi connectivity index (χ4v) is 1.78. The van der Waals surface area contributed by atoms with Crippen LogP contribution in [0.4, 0.5) is 15.8 Å². The monoisotopic (exact) mass is 270 g/mol. The van der Waals surface area contributed by atoms with Gasteiger partial charge in [0.2, 0.25) is 5.82 Å². The molecule has 1 aromatic rings.